The van der Waals surface area contributed by atoms with E-state index in [1.807, 2.05) is 6.34 Å². The average molecular weight is 438 g/mol. The second-order valence-corrected chi connectivity index (χ2v) is 6.75. The Morgan fingerprint density at radius 1 is 1.03 bits per heavy atom. The number of aliphatic imine (C=N–C) groups is 1. The van der Waals surface area contributed by atoms with Crippen molar-refractivity contribution in [1.82, 2.24) is 14.8 Å². The summed E-state index contributed by atoms with van der Waals surface area (Å²) in [7, 11) is 5.00. The second kappa shape index (κ2) is 15.2. The first kappa shape index (κ1) is 27.4. The number of carboxylic acid groups (broad SMARTS) is 3. The molecule has 1 fully saturated rings. The van der Waals surface area contributed by atoms with Crippen LogP contribution in [0.2, 0.25) is 0 Å². The molecule has 1 amide bonds. The van der Waals surface area contributed by atoms with E-state index >= 15 is 0 Å². The molecule has 1 aromatic heterocycles. The maximum absolute atomic E-state index is 9.62. The molecule has 1 heterocycles. The van der Waals surface area contributed by atoms with E-state index in [0.29, 0.717) is 23.9 Å². The van der Waals surface area contributed by atoms with Gasteiger partial charge in [0.2, 0.25) is 0 Å². The van der Waals surface area contributed by atoms with Gasteiger partial charge in [-0.05, 0) is 18.9 Å². The Morgan fingerprint density at radius 2 is 1.55 bits per heavy atom. The SMILES string of the molecule is CN(C)C(=O)O.CN(C=Nc1ccncc1O)C1CCCCC1.O=C(O)/C=C\C(=O)O. The van der Waals surface area contributed by atoms with Gasteiger partial charge in [0.15, 0.2) is 5.75 Å². The van der Waals surface area contributed by atoms with Crippen LogP contribution in [0.5, 0.6) is 5.75 Å². The number of pyridine rings is 1. The highest BCUT2D eigenvalue weighted by Gasteiger charge is 2.15. The van der Waals surface area contributed by atoms with E-state index in [4.69, 9.17) is 15.3 Å². The minimum atomic E-state index is -1.26. The Morgan fingerprint density at radius 3 is 1.97 bits per heavy atom. The van der Waals surface area contributed by atoms with Crippen LogP contribution < -0.4 is 0 Å². The largest absolute Gasteiger partial charge is 0.504 e. The van der Waals surface area contributed by atoms with Crippen LogP contribution >= 0.6 is 0 Å². The van der Waals surface area contributed by atoms with Gasteiger partial charge in [-0.3, -0.25) is 4.98 Å². The number of aliphatic carboxylic acids is 2. The molecule has 0 aromatic carbocycles. The smallest absolute Gasteiger partial charge is 0.406 e. The molecule has 4 N–H and O–H groups in total. The van der Waals surface area contributed by atoms with Gasteiger partial charge in [-0.2, -0.15) is 0 Å². The third-order valence-electron chi connectivity index (χ3n) is 4.06. The summed E-state index contributed by atoms with van der Waals surface area (Å²) in [6.45, 7) is 0. The first-order valence-electron chi connectivity index (χ1n) is 9.47. The fraction of sp³-hybridized carbons (Fsp3) is 0.450. The monoisotopic (exact) mass is 438 g/mol. The molecule has 0 saturated heterocycles. The number of carbonyl (C=O) groups is 3. The number of hydrogen-bond acceptors (Lipinski definition) is 6. The Hall–Kier alpha value is -3.63. The van der Waals surface area contributed by atoms with Gasteiger partial charge < -0.3 is 30.2 Å². The number of amides is 1. The van der Waals surface area contributed by atoms with Crippen LogP contribution in [0.15, 0.2) is 35.6 Å². The quantitative estimate of drug-likeness (QED) is 0.307. The highest BCUT2D eigenvalue weighted by atomic mass is 16.4. The summed E-state index contributed by atoms with van der Waals surface area (Å²) in [6, 6.07) is 2.30. The lowest BCUT2D eigenvalue weighted by atomic mass is 9.95. The lowest BCUT2D eigenvalue weighted by Crippen LogP contribution is -2.32. The molecule has 1 aliphatic rings. The van der Waals surface area contributed by atoms with Crippen LogP contribution in [-0.2, 0) is 9.59 Å². The van der Waals surface area contributed by atoms with Crippen molar-refractivity contribution in [1.29, 1.82) is 0 Å². The first-order chi connectivity index (χ1) is 14.5. The number of aromatic nitrogens is 1. The number of rotatable bonds is 5. The van der Waals surface area contributed by atoms with E-state index in [1.54, 1.807) is 12.3 Å². The fourth-order valence-electron chi connectivity index (χ4n) is 2.37. The van der Waals surface area contributed by atoms with E-state index in [9.17, 15) is 19.5 Å². The molecule has 0 atom stereocenters. The average Bonchev–Trinajstić information content (AvgIpc) is 2.73. The van der Waals surface area contributed by atoms with E-state index in [0.717, 1.165) is 4.90 Å². The molecule has 0 radical (unpaired) electrons. The van der Waals surface area contributed by atoms with Crippen LogP contribution in [0, 0.1) is 0 Å². The van der Waals surface area contributed by atoms with Gasteiger partial charge >= 0.3 is 18.0 Å². The molecule has 0 unspecified atom stereocenters. The van der Waals surface area contributed by atoms with Gasteiger partial charge in [-0.1, -0.05) is 19.3 Å². The maximum atomic E-state index is 9.62. The topological polar surface area (TPSA) is 164 Å². The number of nitrogens with zero attached hydrogens (tertiary/aromatic N) is 4. The van der Waals surface area contributed by atoms with E-state index in [2.05, 4.69) is 21.9 Å². The number of hydrogen-bond donors (Lipinski definition) is 4. The molecule has 0 aliphatic heterocycles. The summed E-state index contributed by atoms with van der Waals surface area (Å²) in [5.41, 5.74) is 0.572. The molecule has 11 nitrogen and oxygen atoms in total. The summed E-state index contributed by atoms with van der Waals surface area (Å²) >= 11 is 0. The van der Waals surface area contributed by atoms with Crippen LogP contribution in [0.25, 0.3) is 0 Å². The van der Waals surface area contributed by atoms with Gasteiger partial charge in [0, 0.05) is 45.5 Å². The zero-order chi connectivity index (χ0) is 23.8. The predicted molar refractivity (Wildman–Crippen MR) is 115 cm³/mol. The molecule has 11 heteroatoms. The molecule has 2 rings (SSSR count). The molecule has 1 aliphatic carbocycles. The van der Waals surface area contributed by atoms with Crippen molar-refractivity contribution >= 4 is 30.1 Å². The lowest BCUT2D eigenvalue weighted by Gasteiger charge is -2.29. The summed E-state index contributed by atoms with van der Waals surface area (Å²) < 4.78 is 0. The number of carboxylic acids is 2. The lowest BCUT2D eigenvalue weighted by molar-refractivity contribution is -0.134. The standard InChI is InChI=1S/C13H19N3O.C4H4O4.C3H7NO2/c1-16(11-5-3-2-4-6-11)10-15-12-7-8-14-9-13(12)17;5-3(6)1-2-4(7)8;1-4(2)3(5)6/h7-11,17H,2-6H2,1H3;1-2H,(H,5,6)(H,7,8);1-2H3,(H,5,6)/b;2-1-;. The minimum absolute atomic E-state index is 0.126. The van der Waals surface area contributed by atoms with Crippen LogP contribution in [-0.4, -0.2) is 86.8 Å². The van der Waals surface area contributed by atoms with Crippen molar-refractivity contribution in [2.24, 2.45) is 4.99 Å². The molecule has 0 bridgehead atoms. The van der Waals surface area contributed by atoms with Crippen molar-refractivity contribution < 1.29 is 34.8 Å². The summed E-state index contributed by atoms with van der Waals surface area (Å²) in [5, 5.41) is 33.1. The predicted octanol–water partition coefficient (Wildman–Crippen LogP) is 2.65. The first-order valence-corrected chi connectivity index (χ1v) is 9.47. The van der Waals surface area contributed by atoms with Crippen LogP contribution in [0.3, 0.4) is 0 Å². The molecule has 172 valence electrons. The molecular formula is C20H30N4O7. The second-order valence-electron chi connectivity index (χ2n) is 6.75. The van der Waals surface area contributed by atoms with Crippen molar-refractivity contribution in [2.45, 2.75) is 38.1 Å². The summed E-state index contributed by atoms with van der Waals surface area (Å²) in [6.07, 6.45) is 11.5. The van der Waals surface area contributed by atoms with Gasteiger partial charge in [0.1, 0.15) is 5.69 Å². The van der Waals surface area contributed by atoms with Crippen molar-refractivity contribution in [3.05, 3.63) is 30.6 Å². The molecule has 1 aromatic rings. The van der Waals surface area contributed by atoms with Crippen LogP contribution in [0.4, 0.5) is 10.5 Å². The Bertz CT molecular complexity index is 744. The third-order valence-corrected chi connectivity index (χ3v) is 4.06. The highest BCUT2D eigenvalue weighted by Crippen LogP contribution is 2.24. The Kier molecular flexibility index (Phi) is 13.5. The van der Waals surface area contributed by atoms with Gasteiger partial charge in [0.05, 0.1) is 12.5 Å². The van der Waals surface area contributed by atoms with Gasteiger partial charge in [-0.15, -0.1) is 0 Å². The highest BCUT2D eigenvalue weighted by molar-refractivity contribution is 5.89. The Balaban J connectivity index is 0.000000537. The normalized spacial score (nSPS) is 13.5. The van der Waals surface area contributed by atoms with E-state index < -0.39 is 18.0 Å². The van der Waals surface area contributed by atoms with Crippen LogP contribution in [0.1, 0.15) is 32.1 Å². The van der Waals surface area contributed by atoms with Crippen molar-refractivity contribution in [3.8, 4) is 5.75 Å². The molecule has 1 saturated carbocycles. The van der Waals surface area contributed by atoms with Gasteiger partial charge in [-0.25, -0.2) is 19.4 Å². The molecule has 0 spiro atoms. The Labute approximate surface area is 181 Å². The molecular weight excluding hydrogens is 408 g/mol. The van der Waals surface area contributed by atoms with Crippen molar-refractivity contribution in [3.63, 3.8) is 0 Å². The van der Waals surface area contributed by atoms with E-state index in [1.165, 1.54) is 52.4 Å². The van der Waals surface area contributed by atoms with E-state index in [-0.39, 0.29) is 5.75 Å². The third kappa shape index (κ3) is 14.1. The minimum Gasteiger partial charge on any atom is -0.504 e. The van der Waals surface area contributed by atoms with Crippen molar-refractivity contribution in [2.75, 3.05) is 21.1 Å². The zero-order valence-corrected chi connectivity index (χ0v) is 17.9. The fourth-order valence-corrected chi connectivity index (χ4v) is 2.37. The van der Waals surface area contributed by atoms with Gasteiger partial charge in [0.25, 0.3) is 0 Å². The summed E-state index contributed by atoms with van der Waals surface area (Å²) in [5.74, 6) is -2.39. The number of aromatic hydroxyl groups is 1. The zero-order valence-electron chi connectivity index (χ0n) is 17.9. The molecule has 31 heavy (non-hydrogen) atoms. The maximum Gasteiger partial charge on any atom is 0.406 e. The summed E-state index contributed by atoms with van der Waals surface area (Å²) in [4.78, 5) is 40.1.